The summed E-state index contributed by atoms with van der Waals surface area (Å²) < 4.78 is 15.6. The van der Waals surface area contributed by atoms with Crippen LogP contribution < -0.4 is 10.6 Å². The van der Waals surface area contributed by atoms with Crippen molar-refractivity contribution in [1.29, 1.82) is 0 Å². The normalized spacial score (nSPS) is 18.9. The summed E-state index contributed by atoms with van der Waals surface area (Å²) in [5.74, 6) is 0.0347. The third kappa shape index (κ3) is 8.66. The minimum Gasteiger partial charge on any atom is -0.392 e. The SMILES string of the molecule is CC(=O)NCCCCCC(=O)NCc1ccccc1-c1ccc(C2OC(Cn3cnc4ccccc43)C(C)C(c3ccc(CO)cc3)O2)cc1. The molecule has 1 aromatic heterocycles. The standard InChI is InChI=1S/C41H46N4O5/c1-28-38(25-45-27-44-36-12-7-8-13-37(36)45)49-41(50-40(28)32-17-15-30(26-46)16-18-32)33-21-19-31(20-22-33)35-11-6-5-10-34(35)24-43-39(48)14-4-3-9-23-42-29(2)47/h5-8,10-13,15-22,27-28,38,40-41,46H,3-4,9,14,23-26H2,1-2H3,(H,42,47)(H,43,48). The molecule has 0 radical (unpaired) electrons. The average Bonchev–Trinajstić information content (AvgIpc) is 3.55. The lowest BCUT2D eigenvalue weighted by Crippen LogP contribution is -2.39. The number of para-hydroxylation sites is 2. The maximum atomic E-state index is 12.6. The number of nitrogens with zero attached hydrogens (tertiary/aromatic N) is 2. The zero-order valence-corrected chi connectivity index (χ0v) is 28.8. The molecule has 6 rings (SSSR count). The van der Waals surface area contributed by atoms with Gasteiger partial charge in [0.05, 0.1) is 42.7 Å². The van der Waals surface area contributed by atoms with Crippen LogP contribution in [-0.2, 0) is 38.8 Å². The number of amides is 2. The molecule has 260 valence electrons. The molecular formula is C41H46N4O5. The Hall–Kier alpha value is -4.83. The Morgan fingerprint density at radius 3 is 2.36 bits per heavy atom. The van der Waals surface area contributed by atoms with E-state index < -0.39 is 6.29 Å². The van der Waals surface area contributed by atoms with Crippen LogP contribution in [0.15, 0.2) is 103 Å². The third-order valence-electron chi connectivity index (χ3n) is 9.47. The van der Waals surface area contributed by atoms with Gasteiger partial charge in [0.2, 0.25) is 11.8 Å². The number of carbonyl (C=O) groups excluding carboxylic acids is 2. The van der Waals surface area contributed by atoms with Crippen LogP contribution in [0.5, 0.6) is 0 Å². The summed E-state index contributed by atoms with van der Waals surface area (Å²) in [4.78, 5) is 28.2. The quantitative estimate of drug-likeness (QED) is 0.109. The molecule has 9 nitrogen and oxygen atoms in total. The second-order valence-corrected chi connectivity index (χ2v) is 13.1. The molecule has 1 aliphatic heterocycles. The summed E-state index contributed by atoms with van der Waals surface area (Å²) >= 11 is 0. The van der Waals surface area contributed by atoms with Crippen molar-refractivity contribution in [2.24, 2.45) is 5.92 Å². The summed E-state index contributed by atoms with van der Waals surface area (Å²) in [6.45, 7) is 5.38. The Bertz CT molecular complexity index is 1870. The van der Waals surface area contributed by atoms with Crippen molar-refractivity contribution in [3.05, 3.63) is 126 Å². The Morgan fingerprint density at radius 1 is 0.840 bits per heavy atom. The van der Waals surface area contributed by atoms with Crippen LogP contribution in [0.3, 0.4) is 0 Å². The van der Waals surface area contributed by atoms with E-state index in [4.69, 9.17) is 9.47 Å². The molecular weight excluding hydrogens is 628 g/mol. The minimum absolute atomic E-state index is 0.00655. The minimum atomic E-state index is -0.588. The number of unbranched alkanes of at least 4 members (excludes halogenated alkanes) is 2. The van der Waals surface area contributed by atoms with E-state index in [0.29, 0.717) is 26.1 Å². The number of ether oxygens (including phenoxy) is 2. The monoisotopic (exact) mass is 674 g/mol. The van der Waals surface area contributed by atoms with E-state index in [1.54, 1.807) is 0 Å². The molecule has 1 fully saturated rings. The molecule has 2 heterocycles. The highest BCUT2D eigenvalue weighted by atomic mass is 16.7. The van der Waals surface area contributed by atoms with E-state index >= 15 is 0 Å². The van der Waals surface area contributed by atoms with Crippen molar-refractivity contribution in [3.63, 3.8) is 0 Å². The van der Waals surface area contributed by atoms with Gasteiger partial charge in [-0.3, -0.25) is 9.59 Å². The summed E-state index contributed by atoms with van der Waals surface area (Å²) in [5, 5.41) is 15.5. The fourth-order valence-electron chi connectivity index (χ4n) is 6.59. The molecule has 0 spiro atoms. The largest absolute Gasteiger partial charge is 0.392 e. The lowest BCUT2D eigenvalue weighted by atomic mass is 9.90. The molecule has 4 unspecified atom stereocenters. The van der Waals surface area contributed by atoms with Crippen molar-refractivity contribution in [2.45, 2.75) is 77.7 Å². The van der Waals surface area contributed by atoms with E-state index in [2.05, 4.69) is 63.5 Å². The van der Waals surface area contributed by atoms with Gasteiger partial charge in [0, 0.05) is 37.9 Å². The van der Waals surface area contributed by atoms with Gasteiger partial charge >= 0.3 is 0 Å². The van der Waals surface area contributed by atoms with Crippen LogP contribution >= 0.6 is 0 Å². The molecule has 1 saturated heterocycles. The number of aliphatic hydroxyl groups is 1. The topological polar surface area (TPSA) is 115 Å². The van der Waals surface area contributed by atoms with Crippen LogP contribution in [0.25, 0.3) is 22.2 Å². The van der Waals surface area contributed by atoms with Gasteiger partial charge in [-0.25, -0.2) is 4.98 Å². The number of carbonyl (C=O) groups is 2. The molecule has 2 amide bonds. The van der Waals surface area contributed by atoms with Crippen molar-refractivity contribution in [1.82, 2.24) is 20.2 Å². The van der Waals surface area contributed by atoms with Gasteiger partial charge in [0.1, 0.15) is 0 Å². The molecule has 5 aromatic rings. The third-order valence-corrected chi connectivity index (χ3v) is 9.47. The van der Waals surface area contributed by atoms with Crippen LogP contribution in [0, 0.1) is 5.92 Å². The number of benzene rings is 4. The van der Waals surface area contributed by atoms with E-state index in [1.807, 2.05) is 67.0 Å². The van der Waals surface area contributed by atoms with E-state index in [0.717, 1.165) is 63.7 Å². The Labute approximate surface area is 293 Å². The highest BCUT2D eigenvalue weighted by molar-refractivity contribution is 5.77. The van der Waals surface area contributed by atoms with E-state index in [9.17, 15) is 14.7 Å². The number of hydrogen-bond donors (Lipinski definition) is 3. The van der Waals surface area contributed by atoms with Crippen LogP contribution in [0.1, 0.15) is 74.2 Å². The van der Waals surface area contributed by atoms with Gasteiger partial charge in [0.15, 0.2) is 6.29 Å². The van der Waals surface area contributed by atoms with Gasteiger partial charge in [0.25, 0.3) is 0 Å². The van der Waals surface area contributed by atoms with Crippen molar-refractivity contribution in [3.8, 4) is 11.1 Å². The molecule has 4 atom stereocenters. The highest BCUT2D eigenvalue weighted by Crippen LogP contribution is 2.42. The maximum absolute atomic E-state index is 12.6. The Balaban J connectivity index is 1.15. The first kappa shape index (κ1) is 35.0. The number of rotatable bonds is 14. The summed E-state index contributed by atoms with van der Waals surface area (Å²) in [6.07, 6.45) is 3.91. The number of imidazole rings is 1. The van der Waals surface area contributed by atoms with Gasteiger partial charge in [-0.15, -0.1) is 0 Å². The van der Waals surface area contributed by atoms with Crippen molar-refractivity contribution >= 4 is 22.8 Å². The maximum Gasteiger partial charge on any atom is 0.220 e. The second kappa shape index (κ2) is 16.7. The van der Waals surface area contributed by atoms with Crippen molar-refractivity contribution < 1.29 is 24.2 Å². The Kier molecular flexibility index (Phi) is 11.7. The number of aliphatic hydroxyl groups excluding tert-OH is 1. The average molecular weight is 675 g/mol. The number of hydrogen-bond acceptors (Lipinski definition) is 6. The molecule has 9 heteroatoms. The van der Waals surface area contributed by atoms with E-state index in [1.165, 1.54) is 6.92 Å². The zero-order chi connectivity index (χ0) is 34.9. The van der Waals surface area contributed by atoms with Crippen molar-refractivity contribution in [2.75, 3.05) is 6.54 Å². The number of fused-ring (bicyclic) bond motifs is 1. The van der Waals surface area contributed by atoms with Crippen LogP contribution in [0.2, 0.25) is 0 Å². The van der Waals surface area contributed by atoms with Gasteiger partial charge in [-0.2, -0.15) is 0 Å². The van der Waals surface area contributed by atoms with Gasteiger partial charge in [-0.05, 0) is 52.8 Å². The first-order valence-corrected chi connectivity index (χ1v) is 17.5. The summed E-state index contributed by atoms with van der Waals surface area (Å²) in [7, 11) is 0. The van der Waals surface area contributed by atoms with Crippen LogP contribution in [0.4, 0.5) is 0 Å². The smallest absolute Gasteiger partial charge is 0.220 e. The highest BCUT2D eigenvalue weighted by Gasteiger charge is 2.38. The van der Waals surface area contributed by atoms with Gasteiger partial charge < -0.3 is 29.8 Å². The summed E-state index contributed by atoms with van der Waals surface area (Å²) in [6, 6.07) is 32.5. The Morgan fingerprint density at radius 2 is 1.58 bits per heavy atom. The first-order valence-electron chi connectivity index (χ1n) is 17.5. The molecule has 4 aromatic carbocycles. The second-order valence-electron chi connectivity index (χ2n) is 13.1. The molecule has 50 heavy (non-hydrogen) atoms. The molecule has 3 N–H and O–H groups in total. The molecule has 0 saturated carbocycles. The van der Waals surface area contributed by atoms with Crippen LogP contribution in [-0.4, -0.2) is 39.1 Å². The van der Waals surface area contributed by atoms with Gasteiger partial charge in [-0.1, -0.05) is 98.3 Å². The number of aromatic nitrogens is 2. The lowest BCUT2D eigenvalue weighted by Gasteiger charge is -2.41. The fraction of sp³-hybridized carbons (Fsp3) is 0.341. The molecule has 1 aliphatic rings. The van der Waals surface area contributed by atoms with E-state index in [-0.39, 0.29) is 36.5 Å². The zero-order valence-electron chi connectivity index (χ0n) is 28.8. The predicted molar refractivity (Wildman–Crippen MR) is 194 cm³/mol. The first-order chi connectivity index (χ1) is 24.4. The molecule has 0 aliphatic carbocycles. The fourth-order valence-corrected chi connectivity index (χ4v) is 6.59. The lowest BCUT2D eigenvalue weighted by molar-refractivity contribution is -0.276. The number of nitrogens with one attached hydrogen (secondary N) is 2. The summed E-state index contributed by atoms with van der Waals surface area (Å²) in [5.41, 5.74) is 7.97. The predicted octanol–water partition coefficient (Wildman–Crippen LogP) is 7.00. The molecule has 0 bridgehead atoms.